The molecule has 0 aromatic carbocycles. The van der Waals surface area contributed by atoms with Crippen molar-refractivity contribution >= 4 is 17.0 Å². The van der Waals surface area contributed by atoms with Crippen LogP contribution in [-0.2, 0) is 0 Å². The molecule has 1 aliphatic heterocycles. The van der Waals surface area contributed by atoms with Gasteiger partial charge in [-0.15, -0.1) is 0 Å². The van der Waals surface area contributed by atoms with E-state index in [-0.39, 0.29) is 0 Å². The van der Waals surface area contributed by atoms with Gasteiger partial charge in [-0.05, 0) is 18.9 Å². The quantitative estimate of drug-likeness (QED) is 0.426. The van der Waals surface area contributed by atoms with Gasteiger partial charge in [-0.2, -0.15) is 9.93 Å². The molecular weight excluding hydrogens is 98.1 g/mol. The third kappa shape index (κ3) is 0.636. The van der Waals surface area contributed by atoms with Gasteiger partial charge < -0.3 is 0 Å². The Balaban J connectivity index is 2.45. The van der Waals surface area contributed by atoms with Crippen LogP contribution in [0.5, 0.6) is 0 Å². The Morgan fingerprint density at radius 1 is 1.83 bits per heavy atom. The minimum atomic E-state index is 1.02. The van der Waals surface area contributed by atoms with Gasteiger partial charge in [-0.25, -0.2) is 5.53 Å². The van der Waals surface area contributed by atoms with E-state index in [9.17, 15) is 0 Å². The van der Waals surface area contributed by atoms with Crippen molar-refractivity contribution in [1.29, 1.82) is 0 Å². The third-order valence-corrected chi connectivity index (χ3v) is 1.04. The molecule has 0 aromatic heterocycles. The normalized spacial score (nSPS) is 19.8. The summed E-state index contributed by atoms with van der Waals surface area (Å²) in [5.41, 5.74) is 2.57. The van der Waals surface area contributed by atoms with E-state index in [0.29, 0.717) is 0 Å². The molecule has 4 heteroatoms. The molecule has 0 fully saturated rings. The number of nitrogens with one attached hydrogen (secondary N) is 2. The van der Waals surface area contributed by atoms with Crippen LogP contribution in [0.3, 0.4) is 0 Å². The molecule has 34 valence electrons. The highest BCUT2D eigenvalue weighted by Crippen LogP contribution is 1.98. The van der Waals surface area contributed by atoms with E-state index in [1.165, 1.54) is 11.9 Å². The molecular formula is C2H5N3S. The molecule has 1 aliphatic rings. The van der Waals surface area contributed by atoms with Crippen LogP contribution in [0.25, 0.3) is 0 Å². The van der Waals surface area contributed by atoms with Gasteiger partial charge in [0.05, 0.1) is 0 Å². The topological polar surface area (TPSA) is 36.4 Å². The first-order valence-electron chi connectivity index (χ1n) is 1.61. The molecule has 0 spiro atoms. The lowest BCUT2D eigenvalue weighted by atomic mass is 10.9. The van der Waals surface area contributed by atoms with Crippen molar-refractivity contribution in [2.75, 3.05) is 0 Å². The zero-order chi connectivity index (χ0) is 4.41. The first-order valence-corrected chi connectivity index (χ1v) is 2.42. The molecule has 0 amide bonds. The molecule has 0 atom stereocenters. The van der Waals surface area contributed by atoms with Gasteiger partial charge in [-0.3, -0.25) is 0 Å². The average Bonchev–Trinajstić information content (AvgIpc) is 1.86. The molecule has 0 saturated carbocycles. The molecule has 3 nitrogen and oxygen atoms in total. The largest absolute Gasteiger partial charge is 0.232 e. The van der Waals surface area contributed by atoms with Gasteiger partial charge in [0.2, 0.25) is 0 Å². The van der Waals surface area contributed by atoms with Crippen LogP contribution in [0.2, 0.25) is 0 Å². The van der Waals surface area contributed by atoms with Crippen molar-refractivity contribution in [3.63, 3.8) is 0 Å². The highest BCUT2D eigenvalue weighted by atomic mass is 32.2. The van der Waals surface area contributed by atoms with Crippen molar-refractivity contribution in [3.05, 3.63) is 0 Å². The van der Waals surface area contributed by atoms with Crippen LogP contribution < -0.4 is 10.4 Å². The maximum atomic E-state index is 3.75. The van der Waals surface area contributed by atoms with Crippen molar-refractivity contribution in [3.8, 4) is 0 Å². The Morgan fingerprint density at radius 3 is 2.83 bits per heavy atom. The van der Waals surface area contributed by atoms with Gasteiger partial charge in [0.15, 0.2) is 0 Å². The van der Waals surface area contributed by atoms with Crippen LogP contribution in [0, 0.1) is 0 Å². The number of rotatable bonds is 0. The molecule has 0 saturated heterocycles. The van der Waals surface area contributed by atoms with Crippen LogP contribution in [0.4, 0.5) is 0 Å². The summed E-state index contributed by atoms with van der Waals surface area (Å²) in [6, 6.07) is 0. The Kier molecular flexibility index (Phi) is 0.979. The number of hydrazine groups is 1. The number of nitrogens with zero attached hydrogens (tertiary/aromatic N) is 1. The fourth-order valence-corrected chi connectivity index (χ4v) is 0.551. The van der Waals surface area contributed by atoms with Crippen LogP contribution >= 0.6 is 11.9 Å². The van der Waals surface area contributed by atoms with Gasteiger partial charge >= 0.3 is 0 Å². The lowest BCUT2D eigenvalue weighted by molar-refractivity contribution is 0.758. The van der Waals surface area contributed by atoms with Crippen molar-refractivity contribution in [2.45, 2.75) is 6.92 Å². The Hall–Kier alpha value is -0.220. The van der Waals surface area contributed by atoms with Crippen LogP contribution in [0.1, 0.15) is 6.92 Å². The first-order chi connectivity index (χ1) is 2.89. The fraction of sp³-hybridized carbons (Fsp3) is 0.500. The van der Waals surface area contributed by atoms with E-state index in [4.69, 9.17) is 0 Å². The minimum Gasteiger partial charge on any atom is -0.232 e. The molecule has 0 radical (unpaired) electrons. The van der Waals surface area contributed by atoms with E-state index < -0.39 is 0 Å². The fourth-order valence-electron chi connectivity index (χ4n) is 0.221. The molecule has 0 unspecified atom stereocenters. The second-order valence-electron chi connectivity index (χ2n) is 0.947. The smallest absolute Gasteiger partial charge is 0.108 e. The molecule has 0 aliphatic carbocycles. The second kappa shape index (κ2) is 1.49. The monoisotopic (exact) mass is 103 g/mol. The summed E-state index contributed by atoms with van der Waals surface area (Å²) in [7, 11) is 0. The Labute approximate surface area is 40.3 Å². The maximum Gasteiger partial charge on any atom is 0.108 e. The van der Waals surface area contributed by atoms with Crippen LogP contribution in [0.15, 0.2) is 5.10 Å². The van der Waals surface area contributed by atoms with Gasteiger partial charge in [0.25, 0.3) is 0 Å². The number of hydrogen-bond acceptors (Lipinski definition) is 4. The van der Waals surface area contributed by atoms with E-state index in [2.05, 4.69) is 15.5 Å². The SMILES string of the molecule is CC1=NNNS1. The Morgan fingerprint density at radius 2 is 2.67 bits per heavy atom. The summed E-state index contributed by atoms with van der Waals surface area (Å²) >= 11 is 1.49. The summed E-state index contributed by atoms with van der Waals surface area (Å²) in [5, 5.41) is 4.78. The Bertz CT molecular complexity index is 78.9. The molecule has 2 N–H and O–H groups in total. The van der Waals surface area contributed by atoms with Crippen molar-refractivity contribution in [1.82, 2.24) is 10.4 Å². The summed E-state index contributed by atoms with van der Waals surface area (Å²) in [4.78, 5) is 2.73. The van der Waals surface area contributed by atoms with Gasteiger partial charge in [-0.1, -0.05) is 0 Å². The predicted molar refractivity (Wildman–Crippen MR) is 27.0 cm³/mol. The van der Waals surface area contributed by atoms with E-state index in [0.717, 1.165) is 5.04 Å². The van der Waals surface area contributed by atoms with Gasteiger partial charge in [0.1, 0.15) is 5.04 Å². The first kappa shape index (κ1) is 3.95. The zero-order valence-electron chi connectivity index (χ0n) is 3.36. The molecule has 1 heterocycles. The van der Waals surface area contributed by atoms with Crippen LogP contribution in [-0.4, -0.2) is 5.04 Å². The molecule has 0 aromatic rings. The summed E-state index contributed by atoms with van der Waals surface area (Å²) < 4.78 is 0. The van der Waals surface area contributed by atoms with E-state index >= 15 is 0 Å². The average molecular weight is 103 g/mol. The number of hydrogen-bond donors (Lipinski definition) is 2. The van der Waals surface area contributed by atoms with E-state index in [1.807, 2.05) is 6.92 Å². The summed E-state index contributed by atoms with van der Waals surface area (Å²) in [6.45, 7) is 1.93. The van der Waals surface area contributed by atoms with E-state index in [1.54, 1.807) is 0 Å². The predicted octanol–water partition coefficient (Wildman–Crippen LogP) is 0.0758. The summed E-state index contributed by atoms with van der Waals surface area (Å²) in [5.74, 6) is 0. The maximum absolute atomic E-state index is 3.75. The third-order valence-electron chi connectivity index (χ3n) is 0.458. The molecule has 1 rings (SSSR count). The zero-order valence-corrected chi connectivity index (χ0v) is 4.17. The highest BCUT2D eigenvalue weighted by molar-refractivity contribution is 8.12. The molecule has 0 bridgehead atoms. The van der Waals surface area contributed by atoms with Crippen molar-refractivity contribution < 1.29 is 0 Å². The lowest BCUT2D eigenvalue weighted by Gasteiger charge is -1.80. The number of hydrazone groups is 1. The highest BCUT2D eigenvalue weighted by Gasteiger charge is 1.95. The summed E-state index contributed by atoms with van der Waals surface area (Å²) in [6.07, 6.45) is 0. The minimum absolute atomic E-state index is 1.02. The van der Waals surface area contributed by atoms with Gasteiger partial charge in [0, 0.05) is 0 Å². The molecule has 6 heavy (non-hydrogen) atoms. The second-order valence-corrected chi connectivity index (χ2v) is 1.95. The lowest BCUT2D eigenvalue weighted by Crippen LogP contribution is -2.11. The van der Waals surface area contributed by atoms with Crippen molar-refractivity contribution in [2.24, 2.45) is 5.10 Å². The standard InChI is InChI=1S/C2H5N3S/c1-2-3-4-5-6-2/h4-5H,1H3.